The van der Waals surface area contributed by atoms with Crippen LogP contribution in [-0.4, -0.2) is 30.4 Å². The second-order valence-corrected chi connectivity index (χ2v) is 12.8. The molecule has 0 unspecified atom stereocenters. The smallest absolute Gasteiger partial charge is 0.434 e. The molecule has 0 radical (unpaired) electrons. The van der Waals surface area contributed by atoms with Gasteiger partial charge in [-0.2, -0.15) is 13.2 Å². The van der Waals surface area contributed by atoms with Gasteiger partial charge in [-0.1, -0.05) is 64.3 Å². The number of thiazole rings is 1. The van der Waals surface area contributed by atoms with Crippen LogP contribution in [0.3, 0.4) is 0 Å². The zero-order chi connectivity index (χ0) is 33.3. The van der Waals surface area contributed by atoms with E-state index in [1.54, 1.807) is 30.3 Å². The lowest BCUT2D eigenvalue weighted by molar-refractivity contribution is -0.140. The summed E-state index contributed by atoms with van der Waals surface area (Å²) in [6.07, 6.45) is -3.53. The number of methoxy groups -OCH3 is 1. The predicted octanol–water partition coefficient (Wildman–Crippen LogP) is 7.65. The van der Waals surface area contributed by atoms with E-state index in [2.05, 4.69) is 20.9 Å². The fourth-order valence-electron chi connectivity index (χ4n) is 4.70. The number of carbonyl (C=O) groups excluding carboxylic acids is 1. The summed E-state index contributed by atoms with van der Waals surface area (Å²) >= 11 is 22.4. The minimum absolute atomic E-state index is 0.0581. The van der Waals surface area contributed by atoms with Crippen molar-refractivity contribution in [3.05, 3.63) is 122 Å². The molecule has 0 spiro atoms. The Labute approximate surface area is 287 Å². The van der Waals surface area contributed by atoms with Crippen LogP contribution in [0.5, 0.6) is 11.5 Å². The Hall–Kier alpha value is -3.29. The van der Waals surface area contributed by atoms with Crippen molar-refractivity contribution in [2.45, 2.75) is 25.7 Å². The number of hydrogen-bond donors (Lipinski definition) is 0. The molecule has 0 saturated heterocycles. The number of aromatic nitrogens is 1. The summed E-state index contributed by atoms with van der Waals surface area (Å²) in [5.74, 6) is -0.557. The molecule has 1 aliphatic rings. The molecule has 5 rings (SSSR count). The van der Waals surface area contributed by atoms with Gasteiger partial charge < -0.3 is 14.2 Å². The van der Waals surface area contributed by atoms with Crippen LogP contribution in [0.25, 0.3) is 6.08 Å². The number of benzene rings is 3. The SMILES string of the molecule is CCOC(=O)C1=C(C(F)(F)F)N=c2s/c(=C\c3cc(Br)c(OCc4ccc(Cl)c(Cl)c4)c(OC)c3)c(=O)n2[C@@H]1c1ccc(Cl)cc1. The molecule has 7 nitrogen and oxygen atoms in total. The Morgan fingerprint density at radius 1 is 1.09 bits per heavy atom. The molecule has 0 N–H and O–H groups in total. The van der Waals surface area contributed by atoms with Crippen LogP contribution in [0.4, 0.5) is 13.2 Å². The Kier molecular flexibility index (Phi) is 10.2. The first kappa shape index (κ1) is 34.1. The molecule has 3 aromatic carbocycles. The Morgan fingerprint density at radius 2 is 1.80 bits per heavy atom. The third kappa shape index (κ3) is 7.01. The van der Waals surface area contributed by atoms with Crippen LogP contribution in [0.1, 0.15) is 29.7 Å². The lowest BCUT2D eigenvalue weighted by Crippen LogP contribution is -2.41. The monoisotopic (exact) mass is 774 g/mol. The Bertz CT molecular complexity index is 2050. The lowest BCUT2D eigenvalue weighted by atomic mass is 9.95. The Morgan fingerprint density at radius 3 is 2.43 bits per heavy atom. The van der Waals surface area contributed by atoms with E-state index in [0.29, 0.717) is 36.6 Å². The third-order valence-electron chi connectivity index (χ3n) is 6.70. The first-order valence-electron chi connectivity index (χ1n) is 13.3. The minimum Gasteiger partial charge on any atom is -0.493 e. The van der Waals surface area contributed by atoms with Crippen LogP contribution in [-0.2, 0) is 16.1 Å². The molecular formula is C31H21BrCl3F3N2O5S. The summed E-state index contributed by atoms with van der Waals surface area (Å²) < 4.78 is 61.2. The average Bonchev–Trinajstić information content (AvgIpc) is 3.31. The van der Waals surface area contributed by atoms with Crippen molar-refractivity contribution < 1.29 is 32.2 Å². The molecule has 0 bridgehead atoms. The number of alkyl halides is 3. The molecule has 0 fully saturated rings. The molecule has 1 aliphatic heterocycles. The fraction of sp³-hybridized carbons (Fsp3) is 0.194. The summed E-state index contributed by atoms with van der Waals surface area (Å²) in [5, 5.41) is 1.10. The molecule has 15 heteroatoms. The van der Waals surface area contributed by atoms with Gasteiger partial charge >= 0.3 is 12.1 Å². The van der Waals surface area contributed by atoms with E-state index in [-0.39, 0.29) is 28.1 Å². The Balaban J connectivity index is 1.62. The average molecular weight is 777 g/mol. The quantitative estimate of drug-likeness (QED) is 0.172. The number of carbonyl (C=O) groups is 1. The molecule has 1 aromatic heterocycles. The predicted molar refractivity (Wildman–Crippen MR) is 174 cm³/mol. The number of halogens is 7. The largest absolute Gasteiger partial charge is 0.493 e. The molecule has 240 valence electrons. The van der Waals surface area contributed by atoms with Crippen LogP contribution < -0.4 is 24.4 Å². The second-order valence-electron chi connectivity index (χ2n) is 9.69. The zero-order valence-electron chi connectivity index (χ0n) is 23.8. The minimum atomic E-state index is -5.02. The number of nitrogens with zero attached hydrogens (tertiary/aromatic N) is 2. The highest BCUT2D eigenvalue weighted by molar-refractivity contribution is 9.10. The summed E-state index contributed by atoms with van der Waals surface area (Å²) in [5.41, 5.74) is -1.47. The van der Waals surface area contributed by atoms with Gasteiger partial charge in [0.25, 0.3) is 5.56 Å². The lowest BCUT2D eigenvalue weighted by Gasteiger charge is -2.26. The topological polar surface area (TPSA) is 79.1 Å². The van der Waals surface area contributed by atoms with Crippen LogP contribution in [0, 0.1) is 0 Å². The van der Waals surface area contributed by atoms with E-state index in [4.69, 9.17) is 49.0 Å². The number of ether oxygens (including phenoxy) is 3. The fourth-order valence-corrected chi connectivity index (χ4v) is 6.72. The molecule has 4 aromatic rings. The van der Waals surface area contributed by atoms with Gasteiger partial charge in [0.05, 0.1) is 44.4 Å². The van der Waals surface area contributed by atoms with E-state index < -0.39 is 35.0 Å². The first-order valence-corrected chi connectivity index (χ1v) is 16.1. The highest BCUT2D eigenvalue weighted by Crippen LogP contribution is 2.39. The zero-order valence-corrected chi connectivity index (χ0v) is 28.4. The number of esters is 1. The van der Waals surface area contributed by atoms with Gasteiger partial charge in [0, 0.05) is 5.02 Å². The number of fused-ring (bicyclic) bond motifs is 1. The molecule has 0 saturated carbocycles. The van der Waals surface area contributed by atoms with E-state index in [0.717, 1.165) is 21.5 Å². The number of allylic oxidation sites excluding steroid dienone is 1. The maximum atomic E-state index is 14.4. The van der Waals surface area contributed by atoms with Crippen molar-refractivity contribution in [2.75, 3.05) is 13.7 Å². The standard InChI is InChI=1S/C31H21BrCl3F3N2O5S/c1-3-44-29(42)24-25(17-5-7-18(33)8-6-17)40-28(41)23(46-30(40)39-27(24)31(36,37)38)13-16-10-19(32)26(22(12-16)43-2)45-14-15-4-9-20(34)21(35)11-15/h4-13,25H,3,14H2,1-2H3/b23-13-/t25-/m1/s1. The van der Waals surface area contributed by atoms with Crippen molar-refractivity contribution in [2.24, 2.45) is 4.99 Å². The van der Waals surface area contributed by atoms with Gasteiger partial charge in [-0.3, -0.25) is 9.36 Å². The molecular weight excluding hydrogens is 756 g/mol. The van der Waals surface area contributed by atoms with Crippen molar-refractivity contribution in [1.82, 2.24) is 4.57 Å². The number of hydrogen-bond acceptors (Lipinski definition) is 7. The second kappa shape index (κ2) is 13.8. The van der Waals surface area contributed by atoms with Crippen LogP contribution in [0.15, 0.2) is 80.1 Å². The van der Waals surface area contributed by atoms with Gasteiger partial charge in [0.1, 0.15) is 6.61 Å². The normalized spacial score (nSPS) is 15.0. The van der Waals surface area contributed by atoms with Gasteiger partial charge in [-0.05, 0) is 82.0 Å². The summed E-state index contributed by atoms with van der Waals surface area (Å²) in [6, 6.07) is 12.7. The maximum Gasteiger partial charge on any atom is 0.434 e. The van der Waals surface area contributed by atoms with Gasteiger partial charge in [0.2, 0.25) is 0 Å². The van der Waals surface area contributed by atoms with E-state index in [1.165, 1.54) is 44.4 Å². The van der Waals surface area contributed by atoms with E-state index >= 15 is 0 Å². The molecule has 0 aliphatic carbocycles. The van der Waals surface area contributed by atoms with Crippen LogP contribution >= 0.6 is 62.1 Å². The van der Waals surface area contributed by atoms with Crippen LogP contribution in [0.2, 0.25) is 15.1 Å². The first-order chi connectivity index (χ1) is 21.8. The van der Waals surface area contributed by atoms with Crippen molar-refractivity contribution in [3.8, 4) is 11.5 Å². The van der Waals surface area contributed by atoms with Gasteiger partial charge in [-0.25, -0.2) is 9.79 Å². The summed E-state index contributed by atoms with van der Waals surface area (Å²) in [7, 11) is 1.44. The molecule has 2 heterocycles. The summed E-state index contributed by atoms with van der Waals surface area (Å²) in [4.78, 5) is 30.4. The van der Waals surface area contributed by atoms with Gasteiger partial charge in [0.15, 0.2) is 22.0 Å². The highest BCUT2D eigenvalue weighted by atomic mass is 79.9. The summed E-state index contributed by atoms with van der Waals surface area (Å²) in [6.45, 7) is 1.42. The molecule has 46 heavy (non-hydrogen) atoms. The number of rotatable bonds is 8. The highest BCUT2D eigenvalue weighted by Gasteiger charge is 2.45. The maximum absolute atomic E-state index is 14.4. The molecule has 1 atom stereocenters. The third-order valence-corrected chi connectivity index (χ3v) is 9.26. The van der Waals surface area contributed by atoms with Crippen molar-refractivity contribution in [1.29, 1.82) is 0 Å². The van der Waals surface area contributed by atoms with E-state index in [1.807, 2.05) is 0 Å². The van der Waals surface area contributed by atoms with Gasteiger partial charge in [-0.15, -0.1) is 0 Å². The molecule has 0 amide bonds. The van der Waals surface area contributed by atoms with E-state index in [9.17, 15) is 22.8 Å². The van der Waals surface area contributed by atoms with Crippen molar-refractivity contribution >= 4 is 74.1 Å². The van der Waals surface area contributed by atoms with Crippen molar-refractivity contribution in [3.63, 3.8) is 0 Å².